The largest absolute Gasteiger partial charge is 0.486 e. The van der Waals surface area contributed by atoms with Crippen molar-refractivity contribution in [1.82, 2.24) is 5.32 Å². The molecule has 28 heavy (non-hydrogen) atoms. The number of fused-ring (bicyclic) bond motifs is 1. The third kappa shape index (κ3) is 4.59. The van der Waals surface area contributed by atoms with Crippen molar-refractivity contribution in [3.05, 3.63) is 59.7 Å². The van der Waals surface area contributed by atoms with Gasteiger partial charge < -0.3 is 24.3 Å². The van der Waals surface area contributed by atoms with Gasteiger partial charge >= 0.3 is 11.9 Å². The Hall–Kier alpha value is -3.55. The van der Waals surface area contributed by atoms with Crippen LogP contribution in [0.5, 0.6) is 11.5 Å². The molecule has 0 spiro atoms. The van der Waals surface area contributed by atoms with Crippen molar-refractivity contribution in [2.45, 2.75) is 6.10 Å². The van der Waals surface area contributed by atoms with Gasteiger partial charge in [-0.15, -0.1) is 0 Å². The van der Waals surface area contributed by atoms with Crippen molar-refractivity contribution >= 4 is 17.8 Å². The molecule has 1 aliphatic heterocycles. The first-order chi connectivity index (χ1) is 13.6. The Kier molecular flexibility index (Phi) is 6.11. The van der Waals surface area contributed by atoms with Gasteiger partial charge in [0.1, 0.15) is 12.7 Å². The van der Waals surface area contributed by atoms with Crippen molar-refractivity contribution in [3.8, 4) is 11.5 Å². The molecule has 8 nitrogen and oxygen atoms in total. The second-order valence-corrected chi connectivity index (χ2v) is 5.91. The van der Waals surface area contributed by atoms with Crippen LogP contribution in [0.2, 0.25) is 0 Å². The molecular formula is C20H19NO7. The lowest BCUT2D eigenvalue weighted by Gasteiger charge is -2.26. The molecule has 0 aliphatic carbocycles. The van der Waals surface area contributed by atoms with E-state index < -0.39 is 24.5 Å². The molecule has 0 radical (unpaired) electrons. The molecule has 0 aromatic heterocycles. The lowest BCUT2D eigenvalue weighted by Crippen LogP contribution is -2.42. The van der Waals surface area contributed by atoms with Crippen LogP contribution >= 0.6 is 0 Å². The van der Waals surface area contributed by atoms with Crippen LogP contribution in [0.1, 0.15) is 20.7 Å². The van der Waals surface area contributed by atoms with E-state index in [4.69, 9.17) is 14.2 Å². The summed E-state index contributed by atoms with van der Waals surface area (Å²) in [5, 5.41) is 2.63. The smallest absolute Gasteiger partial charge is 0.339 e. The number of carbonyl (C=O) groups is 3. The standard InChI is InChI=1S/C20H19NO7/c1-25-19(23)14-6-2-3-7-15(14)20(24)27-12-18(22)21-10-13-11-26-16-8-4-5-9-17(16)28-13/h2-9,13H,10-12H2,1H3,(H,21,22). The van der Waals surface area contributed by atoms with Crippen LogP contribution < -0.4 is 14.8 Å². The fourth-order valence-electron chi connectivity index (χ4n) is 2.60. The summed E-state index contributed by atoms with van der Waals surface area (Å²) in [7, 11) is 1.22. The van der Waals surface area contributed by atoms with Gasteiger partial charge in [0, 0.05) is 0 Å². The van der Waals surface area contributed by atoms with Crippen molar-refractivity contribution < 1.29 is 33.3 Å². The Bertz CT molecular complexity index is 880. The number of hydrogen-bond acceptors (Lipinski definition) is 7. The number of methoxy groups -OCH3 is 1. The quantitative estimate of drug-likeness (QED) is 0.754. The van der Waals surface area contributed by atoms with E-state index in [1.165, 1.54) is 19.2 Å². The number of esters is 2. The lowest BCUT2D eigenvalue weighted by atomic mass is 10.1. The summed E-state index contributed by atoms with van der Waals surface area (Å²) in [6.45, 7) is 0.00551. The Morgan fingerprint density at radius 1 is 1.00 bits per heavy atom. The monoisotopic (exact) mass is 385 g/mol. The number of carbonyl (C=O) groups excluding carboxylic acids is 3. The highest BCUT2D eigenvalue weighted by Gasteiger charge is 2.22. The van der Waals surface area contributed by atoms with E-state index in [0.29, 0.717) is 18.1 Å². The fourth-order valence-corrected chi connectivity index (χ4v) is 2.60. The molecule has 146 valence electrons. The maximum Gasteiger partial charge on any atom is 0.339 e. The lowest BCUT2D eigenvalue weighted by molar-refractivity contribution is -0.124. The molecule has 1 unspecified atom stereocenters. The Morgan fingerprint density at radius 2 is 1.64 bits per heavy atom. The van der Waals surface area contributed by atoms with Gasteiger partial charge in [-0.2, -0.15) is 0 Å². The minimum Gasteiger partial charge on any atom is -0.486 e. The van der Waals surface area contributed by atoms with Crippen LogP contribution in [0.3, 0.4) is 0 Å². The molecule has 1 aliphatic rings. The van der Waals surface area contributed by atoms with Crippen LogP contribution in [0.15, 0.2) is 48.5 Å². The maximum absolute atomic E-state index is 12.2. The number of benzene rings is 2. The number of para-hydroxylation sites is 2. The number of nitrogens with one attached hydrogen (secondary N) is 1. The van der Waals surface area contributed by atoms with Crippen molar-refractivity contribution in [3.63, 3.8) is 0 Å². The zero-order valence-corrected chi connectivity index (χ0v) is 15.2. The maximum atomic E-state index is 12.2. The summed E-state index contributed by atoms with van der Waals surface area (Å²) >= 11 is 0. The normalized spacial score (nSPS) is 14.7. The number of rotatable bonds is 6. The van der Waals surface area contributed by atoms with E-state index in [2.05, 4.69) is 10.1 Å². The highest BCUT2D eigenvalue weighted by Crippen LogP contribution is 2.30. The molecule has 0 saturated heterocycles. The van der Waals surface area contributed by atoms with Gasteiger partial charge in [0.15, 0.2) is 18.1 Å². The van der Waals surface area contributed by atoms with Crippen LogP contribution in [0.4, 0.5) is 0 Å². The summed E-state index contributed by atoms with van der Waals surface area (Å²) in [6.07, 6.45) is -0.352. The second-order valence-electron chi connectivity index (χ2n) is 5.91. The van der Waals surface area contributed by atoms with Crippen LogP contribution in [-0.4, -0.2) is 50.8 Å². The molecule has 1 atom stereocenters. The first kappa shape index (κ1) is 19.2. The third-order valence-electron chi connectivity index (χ3n) is 3.98. The van der Waals surface area contributed by atoms with Crippen molar-refractivity contribution in [2.24, 2.45) is 0 Å². The first-order valence-corrected chi connectivity index (χ1v) is 8.58. The molecule has 2 aromatic carbocycles. The molecule has 0 saturated carbocycles. The van der Waals surface area contributed by atoms with Crippen molar-refractivity contribution in [1.29, 1.82) is 0 Å². The molecule has 8 heteroatoms. The van der Waals surface area contributed by atoms with Gasteiger partial charge in [0.05, 0.1) is 24.8 Å². The topological polar surface area (TPSA) is 100 Å². The highest BCUT2D eigenvalue weighted by atomic mass is 16.6. The number of ether oxygens (including phenoxy) is 4. The average Bonchev–Trinajstić information content (AvgIpc) is 2.75. The Morgan fingerprint density at radius 3 is 2.36 bits per heavy atom. The first-order valence-electron chi connectivity index (χ1n) is 8.58. The predicted octanol–water partition coefficient (Wildman–Crippen LogP) is 1.59. The van der Waals surface area contributed by atoms with Crippen LogP contribution in [-0.2, 0) is 14.3 Å². The number of hydrogen-bond donors (Lipinski definition) is 1. The summed E-state index contributed by atoms with van der Waals surface area (Å²) < 4.78 is 20.9. The Labute approximate surface area is 161 Å². The van der Waals surface area contributed by atoms with Gasteiger partial charge in [-0.05, 0) is 24.3 Å². The molecule has 0 bridgehead atoms. The summed E-state index contributed by atoms with van der Waals surface area (Å²) in [5.41, 5.74) is 0.101. The SMILES string of the molecule is COC(=O)c1ccccc1C(=O)OCC(=O)NCC1COc2ccccc2O1. The van der Waals surface area contributed by atoms with E-state index in [1.54, 1.807) is 24.3 Å². The third-order valence-corrected chi connectivity index (χ3v) is 3.98. The van der Waals surface area contributed by atoms with Gasteiger partial charge in [0.2, 0.25) is 0 Å². The van der Waals surface area contributed by atoms with E-state index in [1.807, 2.05) is 12.1 Å². The van der Waals surface area contributed by atoms with Gasteiger partial charge in [-0.25, -0.2) is 9.59 Å². The van der Waals surface area contributed by atoms with Crippen molar-refractivity contribution in [2.75, 3.05) is 26.9 Å². The zero-order chi connectivity index (χ0) is 19.9. The minimum absolute atomic E-state index is 0.0303. The predicted molar refractivity (Wildman–Crippen MR) is 97.4 cm³/mol. The van der Waals surface area contributed by atoms with Crippen LogP contribution in [0.25, 0.3) is 0 Å². The molecule has 1 heterocycles. The minimum atomic E-state index is -0.790. The molecule has 0 fully saturated rings. The van der Waals surface area contributed by atoms with E-state index >= 15 is 0 Å². The molecule has 3 rings (SSSR count). The average molecular weight is 385 g/mol. The summed E-state index contributed by atoms with van der Waals surface area (Å²) in [5.74, 6) is -0.678. The van der Waals surface area contributed by atoms with Gasteiger partial charge in [-0.1, -0.05) is 24.3 Å². The fraction of sp³-hybridized carbons (Fsp3) is 0.250. The van der Waals surface area contributed by atoms with Crippen LogP contribution in [0, 0.1) is 0 Å². The highest BCUT2D eigenvalue weighted by molar-refractivity contribution is 6.03. The molecule has 2 aromatic rings. The summed E-state index contributed by atoms with van der Waals surface area (Å²) in [4.78, 5) is 35.9. The van der Waals surface area contributed by atoms with E-state index in [0.717, 1.165) is 0 Å². The van der Waals surface area contributed by atoms with E-state index in [-0.39, 0.29) is 23.8 Å². The van der Waals surface area contributed by atoms with E-state index in [9.17, 15) is 14.4 Å². The summed E-state index contributed by atoms with van der Waals surface area (Å²) in [6, 6.07) is 13.3. The number of amides is 1. The molecular weight excluding hydrogens is 366 g/mol. The second kappa shape index (κ2) is 8.90. The van der Waals surface area contributed by atoms with Gasteiger partial charge in [0.25, 0.3) is 5.91 Å². The van der Waals surface area contributed by atoms with Gasteiger partial charge in [-0.3, -0.25) is 4.79 Å². The molecule has 1 amide bonds. The Balaban J connectivity index is 1.48. The molecule has 1 N–H and O–H groups in total. The zero-order valence-electron chi connectivity index (χ0n) is 15.2.